The maximum Gasteiger partial charge on any atom is 0.123 e. The van der Waals surface area contributed by atoms with Crippen molar-refractivity contribution in [3.8, 4) is 10.6 Å². The van der Waals surface area contributed by atoms with E-state index in [2.05, 4.69) is 63.2 Å². The smallest absolute Gasteiger partial charge is 0.123 e. The molecule has 5 heteroatoms. The van der Waals surface area contributed by atoms with Gasteiger partial charge < -0.3 is 0 Å². The number of rotatable bonds is 5. The number of hydrogen-bond donors (Lipinski definition) is 0. The van der Waals surface area contributed by atoms with E-state index >= 15 is 0 Å². The van der Waals surface area contributed by atoms with Crippen LogP contribution < -0.4 is 0 Å². The first-order chi connectivity index (χ1) is 11.8. The molecule has 4 rings (SSSR count). The minimum Gasteiger partial charge on any atom is -0.293 e. The molecule has 1 atom stereocenters. The van der Waals surface area contributed by atoms with Gasteiger partial charge in [0.15, 0.2) is 0 Å². The molecular formula is C19H22N4S. The molecule has 0 N–H and O–H groups in total. The number of hydrogen-bond acceptors (Lipinski definition) is 4. The van der Waals surface area contributed by atoms with Crippen molar-refractivity contribution in [1.29, 1.82) is 0 Å². The first kappa shape index (κ1) is 15.5. The maximum absolute atomic E-state index is 4.66. The van der Waals surface area contributed by atoms with Crippen molar-refractivity contribution in [2.75, 3.05) is 6.54 Å². The van der Waals surface area contributed by atoms with Gasteiger partial charge in [-0.1, -0.05) is 24.3 Å². The number of benzene rings is 1. The lowest BCUT2D eigenvalue weighted by molar-refractivity contribution is 0.221. The second kappa shape index (κ2) is 6.87. The molecule has 0 spiro atoms. The normalized spacial score (nSPS) is 18.3. The molecule has 1 aliphatic heterocycles. The highest BCUT2D eigenvalue weighted by atomic mass is 32.1. The molecule has 0 aliphatic carbocycles. The first-order valence-electron chi connectivity index (χ1n) is 8.52. The summed E-state index contributed by atoms with van der Waals surface area (Å²) in [5, 5.41) is 5.49. The molecule has 24 heavy (non-hydrogen) atoms. The molecule has 1 fully saturated rings. The molecule has 0 amide bonds. The minimum absolute atomic E-state index is 0.578. The van der Waals surface area contributed by atoms with Crippen molar-refractivity contribution < 1.29 is 0 Å². The summed E-state index contributed by atoms with van der Waals surface area (Å²) in [5.41, 5.74) is 2.54. The Hall–Kier alpha value is -1.98. The zero-order valence-corrected chi connectivity index (χ0v) is 14.7. The molecule has 1 aliphatic rings. The van der Waals surface area contributed by atoms with E-state index < -0.39 is 0 Å². The van der Waals surface area contributed by atoms with E-state index in [-0.39, 0.29) is 0 Å². The van der Waals surface area contributed by atoms with Gasteiger partial charge in [-0.15, -0.1) is 11.3 Å². The van der Waals surface area contributed by atoms with Crippen LogP contribution in [-0.4, -0.2) is 32.3 Å². The SMILES string of the molecule is Cc1ccccc1-c1ncc(CN2CCC[C@@H]2Cn2cccn2)s1. The summed E-state index contributed by atoms with van der Waals surface area (Å²) in [7, 11) is 0. The number of aryl methyl sites for hydroxylation is 1. The molecule has 3 aromatic rings. The minimum atomic E-state index is 0.578. The van der Waals surface area contributed by atoms with Crippen molar-refractivity contribution >= 4 is 11.3 Å². The van der Waals surface area contributed by atoms with E-state index in [4.69, 9.17) is 0 Å². The Labute approximate surface area is 146 Å². The third-order valence-electron chi connectivity index (χ3n) is 4.74. The van der Waals surface area contributed by atoms with Gasteiger partial charge in [0.2, 0.25) is 0 Å². The number of likely N-dealkylation sites (tertiary alicyclic amines) is 1. The fourth-order valence-electron chi connectivity index (χ4n) is 3.45. The highest BCUT2D eigenvalue weighted by molar-refractivity contribution is 7.15. The summed E-state index contributed by atoms with van der Waals surface area (Å²) >= 11 is 1.82. The molecule has 3 heterocycles. The maximum atomic E-state index is 4.66. The lowest BCUT2D eigenvalue weighted by Gasteiger charge is -2.23. The summed E-state index contributed by atoms with van der Waals surface area (Å²) in [6, 6.07) is 11.1. The third kappa shape index (κ3) is 3.28. The monoisotopic (exact) mass is 338 g/mol. The van der Waals surface area contributed by atoms with E-state index in [1.54, 1.807) is 0 Å². The summed E-state index contributed by atoms with van der Waals surface area (Å²) in [6.45, 7) is 5.30. The summed E-state index contributed by atoms with van der Waals surface area (Å²) in [5.74, 6) is 0. The van der Waals surface area contributed by atoms with Crippen molar-refractivity contribution in [2.24, 2.45) is 0 Å². The van der Waals surface area contributed by atoms with Crippen molar-refractivity contribution in [3.05, 3.63) is 59.4 Å². The highest BCUT2D eigenvalue weighted by Gasteiger charge is 2.25. The van der Waals surface area contributed by atoms with E-state index in [0.717, 1.165) is 18.1 Å². The molecule has 0 bridgehead atoms. The Morgan fingerprint density at radius 1 is 1.25 bits per heavy atom. The van der Waals surface area contributed by atoms with E-state index in [9.17, 15) is 0 Å². The van der Waals surface area contributed by atoms with Gasteiger partial charge in [0, 0.05) is 41.6 Å². The van der Waals surface area contributed by atoms with Gasteiger partial charge in [-0.2, -0.15) is 5.10 Å². The molecule has 4 nitrogen and oxygen atoms in total. The largest absolute Gasteiger partial charge is 0.293 e. The van der Waals surface area contributed by atoms with Crippen LogP contribution in [0.5, 0.6) is 0 Å². The van der Waals surface area contributed by atoms with Crippen LogP contribution in [0, 0.1) is 6.92 Å². The Morgan fingerprint density at radius 2 is 2.17 bits per heavy atom. The summed E-state index contributed by atoms with van der Waals surface area (Å²) in [6.07, 6.45) is 8.49. The van der Waals surface area contributed by atoms with Crippen molar-refractivity contribution in [2.45, 2.75) is 38.9 Å². The van der Waals surface area contributed by atoms with Gasteiger partial charge in [-0.3, -0.25) is 9.58 Å². The average Bonchev–Trinajstić information content (AvgIpc) is 3.32. The van der Waals surface area contributed by atoms with Crippen LogP contribution >= 0.6 is 11.3 Å². The van der Waals surface area contributed by atoms with Gasteiger partial charge in [-0.25, -0.2) is 4.98 Å². The van der Waals surface area contributed by atoms with Gasteiger partial charge in [-0.05, 0) is 37.9 Å². The number of nitrogens with zero attached hydrogens (tertiary/aromatic N) is 4. The number of thiazole rings is 1. The van der Waals surface area contributed by atoms with E-state index in [1.165, 1.54) is 35.4 Å². The summed E-state index contributed by atoms with van der Waals surface area (Å²) < 4.78 is 2.05. The second-order valence-electron chi connectivity index (χ2n) is 6.44. The molecule has 0 saturated carbocycles. The molecule has 0 unspecified atom stereocenters. The Morgan fingerprint density at radius 3 is 3.00 bits per heavy atom. The fourth-order valence-corrected chi connectivity index (χ4v) is 4.48. The van der Waals surface area contributed by atoms with Gasteiger partial charge in [0.05, 0.1) is 6.54 Å². The zero-order chi connectivity index (χ0) is 16.4. The van der Waals surface area contributed by atoms with Crippen LogP contribution in [0.4, 0.5) is 0 Å². The van der Waals surface area contributed by atoms with Crippen LogP contribution in [0.3, 0.4) is 0 Å². The lowest BCUT2D eigenvalue weighted by Crippen LogP contribution is -2.32. The Bertz CT molecular complexity index is 793. The predicted octanol–water partition coefficient (Wildman–Crippen LogP) is 3.98. The molecule has 0 radical (unpaired) electrons. The zero-order valence-electron chi connectivity index (χ0n) is 13.9. The van der Waals surface area contributed by atoms with Crippen LogP contribution in [-0.2, 0) is 13.1 Å². The van der Waals surface area contributed by atoms with Crippen molar-refractivity contribution in [3.63, 3.8) is 0 Å². The standard InChI is InChI=1S/C19H22N4S/c1-15-6-2-3-8-18(15)19-20-12-17(24-19)14-22-10-4-7-16(22)13-23-11-5-9-21-23/h2-3,5-6,8-9,11-12,16H,4,7,10,13-14H2,1H3/t16-/m1/s1. The fraction of sp³-hybridized carbons (Fsp3) is 0.368. The van der Waals surface area contributed by atoms with Crippen LogP contribution in [0.25, 0.3) is 10.6 Å². The van der Waals surface area contributed by atoms with E-state index in [1.807, 2.05) is 23.6 Å². The average molecular weight is 338 g/mol. The topological polar surface area (TPSA) is 34.0 Å². The third-order valence-corrected chi connectivity index (χ3v) is 5.76. The first-order valence-corrected chi connectivity index (χ1v) is 9.33. The van der Waals surface area contributed by atoms with Gasteiger partial charge in [0.1, 0.15) is 5.01 Å². The number of aromatic nitrogens is 3. The quantitative estimate of drug-likeness (QED) is 0.706. The molecule has 1 saturated heterocycles. The molecule has 124 valence electrons. The van der Waals surface area contributed by atoms with Crippen LogP contribution in [0.15, 0.2) is 48.9 Å². The highest BCUT2D eigenvalue weighted by Crippen LogP contribution is 2.30. The van der Waals surface area contributed by atoms with Gasteiger partial charge in [0.25, 0.3) is 0 Å². The molecular weight excluding hydrogens is 316 g/mol. The molecule has 2 aromatic heterocycles. The summed E-state index contributed by atoms with van der Waals surface area (Å²) in [4.78, 5) is 8.59. The van der Waals surface area contributed by atoms with E-state index in [0.29, 0.717) is 6.04 Å². The Kier molecular flexibility index (Phi) is 4.45. The van der Waals surface area contributed by atoms with Crippen LogP contribution in [0.2, 0.25) is 0 Å². The molecule has 1 aromatic carbocycles. The predicted molar refractivity (Wildman–Crippen MR) is 97.9 cm³/mol. The second-order valence-corrected chi connectivity index (χ2v) is 7.56. The Balaban J connectivity index is 1.46. The van der Waals surface area contributed by atoms with Crippen molar-refractivity contribution in [1.82, 2.24) is 19.7 Å². The lowest BCUT2D eigenvalue weighted by atomic mass is 10.1. The van der Waals surface area contributed by atoms with Crippen LogP contribution in [0.1, 0.15) is 23.3 Å². The van der Waals surface area contributed by atoms with Gasteiger partial charge >= 0.3 is 0 Å².